The van der Waals surface area contributed by atoms with Gasteiger partial charge in [-0.2, -0.15) is 0 Å². The molecule has 164 valence electrons. The molecule has 0 spiro atoms. The zero-order valence-electron chi connectivity index (χ0n) is 18.3. The lowest BCUT2D eigenvalue weighted by Crippen LogP contribution is -2.39. The summed E-state index contributed by atoms with van der Waals surface area (Å²) in [7, 11) is 1.88. The summed E-state index contributed by atoms with van der Waals surface area (Å²) in [5, 5.41) is 7.78. The second kappa shape index (κ2) is 7.55. The molecular weight excluding hydrogens is 394 g/mol. The Morgan fingerprint density at radius 2 is 1.94 bits per heavy atom. The summed E-state index contributed by atoms with van der Waals surface area (Å²) in [5.41, 5.74) is 2.65. The van der Waals surface area contributed by atoms with Crippen molar-refractivity contribution >= 4 is 17.4 Å². The molecule has 5 rings (SSSR count). The lowest BCUT2D eigenvalue weighted by Gasteiger charge is -2.18. The van der Waals surface area contributed by atoms with E-state index in [1.807, 2.05) is 42.2 Å². The van der Waals surface area contributed by atoms with Crippen molar-refractivity contribution in [3.63, 3.8) is 0 Å². The number of carbonyl (C=O) groups excluding carboxylic acids is 1. The lowest BCUT2D eigenvalue weighted by molar-refractivity contribution is 0.0938. The standard InChI is InChI=1S/C22H29N7O2/c1-14-12-23-18-8-9-19(25-28(14)18)27-11-10-16(13-27)24-21(30)20-15(2)26(3)29(22(20)31)17-6-4-5-7-17/h8-9,12,16-17H,4-7,10-11,13H2,1-3H3,(H,24,30)/t16-/m0/s1. The van der Waals surface area contributed by atoms with Gasteiger partial charge in [0, 0.05) is 31.9 Å². The largest absolute Gasteiger partial charge is 0.353 e. The van der Waals surface area contributed by atoms with Crippen LogP contribution >= 0.6 is 0 Å². The predicted octanol–water partition coefficient (Wildman–Crippen LogP) is 1.97. The first-order valence-electron chi connectivity index (χ1n) is 11.1. The monoisotopic (exact) mass is 423 g/mol. The van der Waals surface area contributed by atoms with Crippen LogP contribution in [-0.2, 0) is 7.05 Å². The normalized spacial score (nSPS) is 19.6. The van der Waals surface area contributed by atoms with Gasteiger partial charge in [0.1, 0.15) is 11.4 Å². The maximum Gasteiger partial charge on any atom is 0.280 e. The van der Waals surface area contributed by atoms with Crippen LogP contribution in [-0.4, -0.2) is 49.0 Å². The molecular formula is C22H29N7O2. The van der Waals surface area contributed by atoms with Crippen LogP contribution in [0.15, 0.2) is 23.1 Å². The Hall–Kier alpha value is -3.10. The van der Waals surface area contributed by atoms with Crippen LogP contribution in [0.4, 0.5) is 5.82 Å². The lowest BCUT2D eigenvalue weighted by atomic mass is 10.2. The van der Waals surface area contributed by atoms with Crippen molar-refractivity contribution in [2.75, 3.05) is 18.0 Å². The number of nitrogens with one attached hydrogen (secondary N) is 1. The highest BCUT2D eigenvalue weighted by molar-refractivity contribution is 5.95. The molecule has 1 N–H and O–H groups in total. The molecule has 0 bridgehead atoms. The van der Waals surface area contributed by atoms with Crippen LogP contribution in [0.25, 0.3) is 5.65 Å². The molecule has 9 heteroatoms. The van der Waals surface area contributed by atoms with Crippen molar-refractivity contribution in [1.29, 1.82) is 0 Å². The van der Waals surface area contributed by atoms with E-state index in [9.17, 15) is 9.59 Å². The number of anilines is 1. The number of aromatic nitrogens is 5. The van der Waals surface area contributed by atoms with E-state index < -0.39 is 0 Å². The third-order valence-corrected chi connectivity index (χ3v) is 6.86. The number of hydrogen-bond donors (Lipinski definition) is 1. The molecule has 1 saturated carbocycles. The van der Waals surface area contributed by atoms with Gasteiger partial charge in [0.2, 0.25) is 0 Å². The molecule has 1 saturated heterocycles. The van der Waals surface area contributed by atoms with Gasteiger partial charge in [0.15, 0.2) is 5.65 Å². The molecule has 4 heterocycles. The van der Waals surface area contributed by atoms with E-state index in [2.05, 4.69) is 20.3 Å². The van der Waals surface area contributed by atoms with E-state index in [1.165, 1.54) is 0 Å². The number of rotatable bonds is 4. The zero-order valence-corrected chi connectivity index (χ0v) is 18.3. The Morgan fingerprint density at radius 3 is 2.71 bits per heavy atom. The molecule has 1 aliphatic heterocycles. The van der Waals surface area contributed by atoms with E-state index in [-0.39, 0.29) is 29.1 Å². The topological polar surface area (TPSA) is 89.5 Å². The van der Waals surface area contributed by atoms with Crippen molar-refractivity contribution in [3.05, 3.63) is 45.6 Å². The van der Waals surface area contributed by atoms with Gasteiger partial charge in [0.25, 0.3) is 11.5 Å². The van der Waals surface area contributed by atoms with Gasteiger partial charge in [-0.05, 0) is 45.2 Å². The zero-order chi connectivity index (χ0) is 21.7. The van der Waals surface area contributed by atoms with Crippen molar-refractivity contribution in [2.45, 2.75) is 58.0 Å². The summed E-state index contributed by atoms with van der Waals surface area (Å²) in [6.45, 7) is 5.30. The van der Waals surface area contributed by atoms with Crippen molar-refractivity contribution in [1.82, 2.24) is 29.3 Å². The van der Waals surface area contributed by atoms with E-state index in [4.69, 9.17) is 0 Å². The van der Waals surface area contributed by atoms with Crippen LogP contribution < -0.4 is 15.8 Å². The molecule has 0 aromatic carbocycles. The molecule has 9 nitrogen and oxygen atoms in total. The van der Waals surface area contributed by atoms with Crippen molar-refractivity contribution in [3.8, 4) is 0 Å². The molecule has 31 heavy (non-hydrogen) atoms. The van der Waals surface area contributed by atoms with Crippen molar-refractivity contribution < 1.29 is 4.79 Å². The molecule has 1 aliphatic carbocycles. The number of amides is 1. The Bertz CT molecular complexity index is 1200. The van der Waals surface area contributed by atoms with Gasteiger partial charge in [-0.3, -0.25) is 14.3 Å². The minimum atomic E-state index is -0.268. The summed E-state index contributed by atoms with van der Waals surface area (Å²) < 4.78 is 5.48. The van der Waals surface area contributed by atoms with E-state index in [1.54, 1.807) is 10.9 Å². The Kier molecular flexibility index (Phi) is 4.83. The number of fused-ring (bicyclic) bond motifs is 1. The second-order valence-corrected chi connectivity index (χ2v) is 8.84. The van der Waals surface area contributed by atoms with Crippen LogP contribution in [0, 0.1) is 13.8 Å². The van der Waals surface area contributed by atoms with Crippen LogP contribution in [0.3, 0.4) is 0 Å². The van der Waals surface area contributed by atoms with E-state index >= 15 is 0 Å². The molecule has 3 aromatic heterocycles. The quantitative estimate of drug-likeness (QED) is 0.693. The molecule has 0 unspecified atom stereocenters. The minimum Gasteiger partial charge on any atom is -0.353 e. The molecule has 2 aliphatic rings. The fraction of sp³-hybridized carbons (Fsp3) is 0.545. The summed E-state index contributed by atoms with van der Waals surface area (Å²) in [4.78, 5) is 32.6. The number of hydrogen-bond acceptors (Lipinski definition) is 5. The minimum absolute atomic E-state index is 0.0205. The highest BCUT2D eigenvalue weighted by Gasteiger charge is 2.30. The molecule has 3 aromatic rings. The van der Waals surface area contributed by atoms with Gasteiger partial charge in [0.05, 0.1) is 17.9 Å². The molecule has 2 fully saturated rings. The number of aryl methyl sites for hydroxylation is 1. The van der Waals surface area contributed by atoms with Crippen LogP contribution in [0.5, 0.6) is 0 Å². The van der Waals surface area contributed by atoms with Gasteiger partial charge < -0.3 is 10.2 Å². The highest BCUT2D eigenvalue weighted by atomic mass is 16.2. The maximum atomic E-state index is 13.1. The third kappa shape index (κ3) is 3.32. The Labute approximate surface area is 180 Å². The average Bonchev–Trinajstić information content (AvgIpc) is 3.52. The number of carbonyl (C=O) groups is 1. The number of nitrogens with zero attached hydrogens (tertiary/aromatic N) is 6. The third-order valence-electron chi connectivity index (χ3n) is 6.86. The first kappa shape index (κ1) is 19.8. The fourth-order valence-electron chi connectivity index (χ4n) is 5.04. The first-order chi connectivity index (χ1) is 14.9. The van der Waals surface area contributed by atoms with Gasteiger partial charge in [-0.1, -0.05) is 12.8 Å². The van der Waals surface area contributed by atoms with Gasteiger partial charge in [-0.25, -0.2) is 14.2 Å². The average molecular weight is 424 g/mol. The second-order valence-electron chi connectivity index (χ2n) is 8.84. The van der Waals surface area contributed by atoms with Crippen LogP contribution in [0.1, 0.15) is 59.9 Å². The fourth-order valence-corrected chi connectivity index (χ4v) is 5.04. The van der Waals surface area contributed by atoms with Crippen LogP contribution in [0.2, 0.25) is 0 Å². The van der Waals surface area contributed by atoms with Gasteiger partial charge in [-0.15, -0.1) is 5.10 Å². The predicted molar refractivity (Wildman–Crippen MR) is 118 cm³/mol. The number of imidazole rings is 1. The Morgan fingerprint density at radius 1 is 1.16 bits per heavy atom. The highest BCUT2D eigenvalue weighted by Crippen LogP contribution is 2.29. The summed E-state index contributed by atoms with van der Waals surface area (Å²) >= 11 is 0. The summed E-state index contributed by atoms with van der Waals surface area (Å²) in [6, 6.07) is 4.10. The summed E-state index contributed by atoms with van der Waals surface area (Å²) in [5.74, 6) is 0.598. The van der Waals surface area contributed by atoms with E-state index in [0.717, 1.165) is 61.5 Å². The smallest absolute Gasteiger partial charge is 0.280 e. The Balaban J connectivity index is 1.32. The molecule has 1 atom stereocenters. The van der Waals surface area contributed by atoms with Gasteiger partial charge >= 0.3 is 0 Å². The molecule has 0 radical (unpaired) electrons. The SMILES string of the molecule is Cc1c(C(=O)N[C@H]2CCN(c3ccc4ncc(C)n4n3)C2)c(=O)n(C2CCCC2)n1C. The molecule has 1 amide bonds. The van der Waals surface area contributed by atoms with Crippen molar-refractivity contribution in [2.24, 2.45) is 7.05 Å². The van der Waals surface area contributed by atoms with E-state index in [0.29, 0.717) is 6.54 Å². The maximum absolute atomic E-state index is 13.1. The first-order valence-corrected chi connectivity index (χ1v) is 11.1. The summed E-state index contributed by atoms with van der Waals surface area (Å²) in [6.07, 6.45) is 6.91.